The molecule has 0 spiro atoms. The molecule has 0 atom stereocenters. The van der Waals surface area contributed by atoms with Gasteiger partial charge in [0, 0.05) is 10.7 Å². The van der Waals surface area contributed by atoms with Gasteiger partial charge in [0.1, 0.15) is 22.4 Å². The molecule has 32 heavy (non-hydrogen) atoms. The van der Waals surface area contributed by atoms with Crippen molar-refractivity contribution in [3.63, 3.8) is 0 Å². The summed E-state index contributed by atoms with van der Waals surface area (Å²) in [6.07, 6.45) is 6.32. The molecule has 2 aromatic heterocycles. The molecule has 3 aromatic rings. The molecular weight excluding hydrogens is 450 g/mol. The summed E-state index contributed by atoms with van der Waals surface area (Å²) >= 11 is 7.16. The third-order valence-electron chi connectivity index (χ3n) is 5.72. The molecule has 0 saturated heterocycles. The quantitative estimate of drug-likeness (QED) is 0.534. The van der Waals surface area contributed by atoms with E-state index in [4.69, 9.17) is 16.3 Å². The monoisotopic (exact) mass is 473 g/mol. The number of carbonyl (C=O) groups excluding carboxylic acids is 2. The molecule has 2 heterocycles. The number of nitrogens with zero attached hydrogens (tertiary/aromatic N) is 2. The van der Waals surface area contributed by atoms with E-state index in [9.17, 15) is 14.4 Å². The van der Waals surface area contributed by atoms with E-state index in [1.807, 2.05) is 6.92 Å². The van der Waals surface area contributed by atoms with Crippen LogP contribution in [0.4, 0.5) is 5.69 Å². The van der Waals surface area contributed by atoms with Crippen molar-refractivity contribution in [2.75, 3.05) is 5.32 Å². The second kappa shape index (κ2) is 9.42. The summed E-state index contributed by atoms with van der Waals surface area (Å²) in [6, 6.07) is 5.21. The smallest absolute Gasteiger partial charge is 0.348 e. The summed E-state index contributed by atoms with van der Waals surface area (Å²) in [5.41, 5.74) is 1.63. The number of ether oxygens (including phenoxy) is 1. The molecule has 0 unspecified atom stereocenters. The second-order valence-corrected chi connectivity index (χ2v) is 9.52. The van der Waals surface area contributed by atoms with Gasteiger partial charge in [-0.25, -0.2) is 9.78 Å². The Labute approximate surface area is 194 Å². The summed E-state index contributed by atoms with van der Waals surface area (Å²) < 4.78 is 6.91. The summed E-state index contributed by atoms with van der Waals surface area (Å²) in [4.78, 5) is 43.5. The van der Waals surface area contributed by atoms with Gasteiger partial charge in [-0.15, -0.1) is 11.3 Å². The van der Waals surface area contributed by atoms with Crippen LogP contribution in [0.5, 0.6) is 0 Å². The Bertz CT molecular complexity index is 1240. The molecule has 1 fully saturated rings. The number of nitrogens with one attached hydrogen (secondary N) is 1. The molecule has 168 valence electrons. The van der Waals surface area contributed by atoms with Crippen LogP contribution in [0.25, 0.3) is 10.2 Å². The Balaban J connectivity index is 1.55. The Morgan fingerprint density at radius 3 is 2.75 bits per heavy atom. The van der Waals surface area contributed by atoms with Gasteiger partial charge in [-0.1, -0.05) is 24.1 Å². The molecule has 0 bridgehead atoms. The lowest BCUT2D eigenvalue weighted by molar-refractivity contribution is -0.116. The molecule has 9 heteroatoms. The molecule has 0 aliphatic heterocycles. The third kappa shape index (κ3) is 4.71. The summed E-state index contributed by atoms with van der Waals surface area (Å²) in [7, 11) is 0. The SMILES string of the molecule is Cc1ccc(Cl)cc1NC(=O)Cn1cnc2sc(C(=O)OC3CCCCC3)c(C)c2c1=O. The van der Waals surface area contributed by atoms with Crippen molar-refractivity contribution in [3.8, 4) is 0 Å². The Morgan fingerprint density at radius 1 is 1.25 bits per heavy atom. The molecule has 0 radical (unpaired) electrons. The van der Waals surface area contributed by atoms with Crippen LogP contribution in [-0.4, -0.2) is 27.5 Å². The number of halogens is 1. The van der Waals surface area contributed by atoms with Gasteiger partial charge in [0.15, 0.2) is 0 Å². The van der Waals surface area contributed by atoms with Gasteiger partial charge in [-0.05, 0) is 62.8 Å². The van der Waals surface area contributed by atoms with Crippen molar-refractivity contribution in [1.29, 1.82) is 0 Å². The van der Waals surface area contributed by atoms with E-state index in [0.29, 0.717) is 31.4 Å². The van der Waals surface area contributed by atoms with Crippen LogP contribution in [0.2, 0.25) is 5.02 Å². The van der Waals surface area contributed by atoms with Crippen LogP contribution >= 0.6 is 22.9 Å². The van der Waals surface area contributed by atoms with E-state index in [1.54, 1.807) is 25.1 Å². The molecule has 1 aliphatic carbocycles. The topological polar surface area (TPSA) is 90.3 Å². The van der Waals surface area contributed by atoms with Crippen molar-refractivity contribution in [2.24, 2.45) is 0 Å². The number of esters is 1. The number of carbonyl (C=O) groups is 2. The van der Waals surface area contributed by atoms with E-state index in [2.05, 4.69) is 10.3 Å². The van der Waals surface area contributed by atoms with E-state index in [-0.39, 0.29) is 24.1 Å². The van der Waals surface area contributed by atoms with Crippen molar-refractivity contribution >= 4 is 50.7 Å². The van der Waals surface area contributed by atoms with E-state index < -0.39 is 5.97 Å². The van der Waals surface area contributed by atoms with Gasteiger partial charge in [0.05, 0.1) is 11.7 Å². The highest BCUT2D eigenvalue weighted by atomic mass is 35.5. The Kier molecular flexibility index (Phi) is 6.62. The predicted molar refractivity (Wildman–Crippen MR) is 126 cm³/mol. The largest absolute Gasteiger partial charge is 0.458 e. The Morgan fingerprint density at radius 2 is 2.00 bits per heavy atom. The minimum Gasteiger partial charge on any atom is -0.458 e. The van der Waals surface area contributed by atoms with Crippen LogP contribution in [0.1, 0.15) is 52.9 Å². The molecular formula is C23H24ClN3O4S. The number of thiophene rings is 1. The molecule has 1 N–H and O–H groups in total. The second-order valence-electron chi connectivity index (χ2n) is 8.09. The van der Waals surface area contributed by atoms with Crippen molar-refractivity contribution in [3.05, 3.63) is 55.9 Å². The van der Waals surface area contributed by atoms with Gasteiger partial charge in [-0.2, -0.15) is 0 Å². The van der Waals surface area contributed by atoms with Crippen molar-refractivity contribution in [2.45, 2.75) is 58.6 Å². The van der Waals surface area contributed by atoms with Crippen molar-refractivity contribution < 1.29 is 14.3 Å². The highest BCUT2D eigenvalue weighted by Gasteiger charge is 2.24. The van der Waals surface area contributed by atoms with Crippen molar-refractivity contribution in [1.82, 2.24) is 9.55 Å². The third-order valence-corrected chi connectivity index (χ3v) is 7.13. The number of aryl methyl sites for hydroxylation is 2. The molecule has 1 amide bonds. The zero-order chi connectivity index (χ0) is 22.8. The Hall–Kier alpha value is -2.71. The number of hydrogen-bond acceptors (Lipinski definition) is 6. The molecule has 4 rings (SSSR count). The molecule has 1 saturated carbocycles. The fourth-order valence-electron chi connectivity index (χ4n) is 3.93. The summed E-state index contributed by atoms with van der Waals surface area (Å²) in [5, 5.41) is 3.63. The fraction of sp³-hybridized carbons (Fsp3) is 0.391. The van der Waals surface area contributed by atoms with Gasteiger partial charge in [0.2, 0.25) is 5.91 Å². The van der Waals surface area contributed by atoms with Gasteiger partial charge in [-0.3, -0.25) is 14.2 Å². The number of anilines is 1. The minimum atomic E-state index is -0.405. The van der Waals surface area contributed by atoms with E-state index >= 15 is 0 Å². The predicted octanol–water partition coefficient (Wildman–Crippen LogP) is 4.86. The minimum absolute atomic E-state index is 0.0656. The lowest BCUT2D eigenvalue weighted by Crippen LogP contribution is -2.28. The molecule has 7 nitrogen and oxygen atoms in total. The maximum absolute atomic E-state index is 13.1. The first-order valence-electron chi connectivity index (χ1n) is 10.6. The van der Waals surface area contributed by atoms with Crippen LogP contribution in [0, 0.1) is 13.8 Å². The number of amides is 1. The van der Waals surface area contributed by atoms with Gasteiger partial charge >= 0.3 is 5.97 Å². The number of rotatable bonds is 5. The average Bonchev–Trinajstić information content (AvgIpc) is 3.11. The van der Waals surface area contributed by atoms with Crippen LogP contribution < -0.4 is 10.9 Å². The van der Waals surface area contributed by atoms with Crippen LogP contribution in [-0.2, 0) is 16.1 Å². The fourth-order valence-corrected chi connectivity index (χ4v) is 5.12. The molecule has 1 aromatic carbocycles. The van der Waals surface area contributed by atoms with Gasteiger partial charge < -0.3 is 10.1 Å². The van der Waals surface area contributed by atoms with Gasteiger partial charge in [0.25, 0.3) is 5.56 Å². The lowest BCUT2D eigenvalue weighted by atomic mass is 9.98. The highest BCUT2D eigenvalue weighted by Crippen LogP contribution is 2.29. The standard InChI is InChI=1S/C23H24ClN3O4S/c1-13-8-9-15(24)10-17(13)26-18(28)11-27-12-25-21-19(22(27)29)14(2)20(32-21)23(30)31-16-6-4-3-5-7-16/h8-10,12,16H,3-7,11H2,1-2H3,(H,26,28). The number of aromatic nitrogens is 2. The number of benzene rings is 1. The molecule has 1 aliphatic rings. The van der Waals surface area contributed by atoms with Crippen LogP contribution in [0.3, 0.4) is 0 Å². The zero-order valence-corrected chi connectivity index (χ0v) is 19.5. The summed E-state index contributed by atoms with van der Waals surface area (Å²) in [5.74, 6) is -0.777. The first-order valence-corrected chi connectivity index (χ1v) is 11.8. The first kappa shape index (κ1) is 22.5. The van der Waals surface area contributed by atoms with E-state index in [1.165, 1.54) is 17.3 Å². The number of fused-ring (bicyclic) bond motifs is 1. The normalized spacial score (nSPS) is 14.5. The maximum Gasteiger partial charge on any atom is 0.348 e. The van der Waals surface area contributed by atoms with E-state index in [0.717, 1.165) is 42.6 Å². The number of hydrogen-bond donors (Lipinski definition) is 1. The average molecular weight is 474 g/mol. The zero-order valence-electron chi connectivity index (χ0n) is 17.9. The summed E-state index contributed by atoms with van der Waals surface area (Å²) in [6.45, 7) is 3.37. The first-order chi connectivity index (χ1) is 15.3. The maximum atomic E-state index is 13.1. The van der Waals surface area contributed by atoms with Crippen LogP contribution in [0.15, 0.2) is 29.3 Å². The lowest BCUT2D eigenvalue weighted by Gasteiger charge is -2.21. The highest BCUT2D eigenvalue weighted by molar-refractivity contribution is 7.20.